The van der Waals surface area contributed by atoms with Crippen LogP contribution in [-0.2, 0) is 6.54 Å². The van der Waals surface area contributed by atoms with Gasteiger partial charge < -0.3 is 0 Å². The molecule has 0 unspecified atom stereocenters. The molecule has 4 nitrogen and oxygen atoms in total. The molecule has 2 heterocycles. The molecule has 4 aromatic rings. The Morgan fingerprint density at radius 3 is 2.22 bits per heavy atom. The van der Waals surface area contributed by atoms with Crippen LogP contribution in [0, 0.1) is 0 Å². The van der Waals surface area contributed by atoms with Crippen molar-refractivity contribution < 1.29 is 0 Å². The number of benzene rings is 2. The largest absolute Gasteiger partial charge is 0.264 e. The van der Waals surface area contributed by atoms with E-state index in [0.29, 0.717) is 6.54 Å². The zero-order valence-corrected chi connectivity index (χ0v) is 18.5. The maximum Gasteiger partial charge on any atom is 0.223 e. The average Bonchev–Trinajstić information content (AvgIpc) is 3.13. The maximum atomic E-state index is 4.77. The number of halogens is 2. The number of rotatable bonds is 4. The lowest BCUT2D eigenvalue weighted by Gasteiger charge is -2.05. The molecule has 138 valence electrons. The zero-order valence-electron chi connectivity index (χ0n) is 14.3. The first-order chi connectivity index (χ1) is 12.4. The molecule has 0 bridgehead atoms. The van der Waals surface area contributed by atoms with Gasteiger partial charge in [-0.1, -0.05) is 54.6 Å². The smallest absolute Gasteiger partial charge is 0.223 e. The van der Waals surface area contributed by atoms with Crippen LogP contribution in [0.25, 0.3) is 17.1 Å². The Hall–Kier alpha value is -2.09. The molecule has 0 saturated heterocycles. The van der Waals surface area contributed by atoms with E-state index in [9.17, 15) is 0 Å². The normalized spacial score (nSPS) is 10.7. The van der Waals surface area contributed by atoms with Gasteiger partial charge in [0, 0.05) is 18.0 Å². The van der Waals surface area contributed by atoms with Gasteiger partial charge in [0.1, 0.15) is 0 Å². The lowest BCUT2D eigenvalue weighted by Crippen LogP contribution is -1.99. The second kappa shape index (κ2) is 10.3. The molecule has 2 aromatic heterocycles. The van der Waals surface area contributed by atoms with Gasteiger partial charge in [-0.25, -0.2) is 3.96 Å². The van der Waals surface area contributed by atoms with Gasteiger partial charge in [0.25, 0.3) is 0 Å². The van der Waals surface area contributed by atoms with Crippen LogP contribution in [0.3, 0.4) is 0 Å². The first-order valence-electron chi connectivity index (χ1n) is 8.01. The summed E-state index contributed by atoms with van der Waals surface area (Å²) in [4.78, 5) is 14.3. The van der Waals surface area contributed by atoms with Gasteiger partial charge in [-0.05, 0) is 35.3 Å². The van der Waals surface area contributed by atoms with Crippen LogP contribution in [0.2, 0.25) is 0 Å². The van der Waals surface area contributed by atoms with Gasteiger partial charge in [-0.15, -0.1) is 34.0 Å². The van der Waals surface area contributed by atoms with Gasteiger partial charge in [0.15, 0.2) is 5.82 Å². The second-order valence-corrected chi connectivity index (χ2v) is 6.40. The van der Waals surface area contributed by atoms with E-state index in [4.69, 9.17) is 4.98 Å². The molecular formula is C20H18Br2N4S. The molecule has 0 saturated carbocycles. The number of pyridine rings is 1. The molecule has 0 amide bonds. The van der Waals surface area contributed by atoms with Crippen molar-refractivity contribution in [2.75, 3.05) is 0 Å². The Morgan fingerprint density at radius 2 is 1.56 bits per heavy atom. The summed E-state index contributed by atoms with van der Waals surface area (Å²) in [6.07, 6.45) is 3.60. The van der Waals surface area contributed by atoms with Crippen molar-refractivity contribution in [2.24, 2.45) is 4.99 Å². The molecule has 2 aromatic carbocycles. The summed E-state index contributed by atoms with van der Waals surface area (Å²) in [6, 6.07) is 24.4. The minimum atomic E-state index is 0. The van der Waals surface area contributed by atoms with Gasteiger partial charge >= 0.3 is 0 Å². The van der Waals surface area contributed by atoms with E-state index in [-0.39, 0.29) is 34.0 Å². The maximum absolute atomic E-state index is 4.77. The van der Waals surface area contributed by atoms with E-state index in [1.165, 1.54) is 0 Å². The molecule has 7 heteroatoms. The van der Waals surface area contributed by atoms with E-state index < -0.39 is 0 Å². The number of nitrogens with zero attached hydrogens (tertiary/aromatic N) is 4. The van der Waals surface area contributed by atoms with Gasteiger partial charge in [-0.3, -0.25) is 9.98 Å². The Morgan fingerprint density at radius 1 is 0.852 bits per heavy atom. The van der Waals surface area contributed by atoms with E-state index in [1.807, 2.05) is 54.7 Å². The summed E-state index contributed by atoms with van der Waals surface area (Å²) in [5.41, 5.74) is 3.23. The fourth-order valence-electron chi connectivity index (χ4n) is 2.50. The minimum absolute atomic E-state index is 0. The van der Waals surface area contributed by atoms with E-state index in [0.717, 1.165) is 27.4 Å². The third-order valence-corrected chi connectivity index (χ3v) is 4.66. The summed E-state index contributed by atoms with van der Waals surface area (Å²) >= 11 is 1.55. The lowest BCUT2D eigenvalue weighted by molar-refractivity contribution is 0.980. The van der Waals surface area contributed by atoms with E-state index in [1.54, 1.807) is 17.7 Å². The van der Waals surface area contributed by atoms with Crippen LogP contribution in [-0.4, -0.2) is 13.9 Å². The number of hydrogen-bond acceptors (Lipinski definition) is 4. The highest BCUT2D eigenvalue weighted by Crippen LogP contribution is 2.21. The average molecular weight is 506 g/mol. The van der Waals surface area contributed by atoms with Crippen LogP contribution >= 0.6 is 45.5 Å². The first-order valence-corrected chi connectivity index (χ1v) is 8.78. The highest BCUT2D eigenvalue weighted by Gasteiger charge is 2.10. The monoisotopic (exact) mass is 504 g/mol. The molecule has 0 spiro atoms. The summed E-state index contributed by atoms with van der Waals surface area (Å²) in [5, 5.41) is 0. The standard InChI is InChI=1S/C20H16N4S.2BrH/c1-3-9-17(10-4-1)19-23-20(22-15-16-8-7-13-21-14-16)25-24(19)18-11-5-2-6-12-18;;/h1-14H,15H2;2*1H/b22-20-;;. The molecule has 0 atom stereocenters. The van der Waals surface area contributed by atoms with Gasteiger partial charge in [0.2, 0.25) is 4.80 Å². The second-order valence-electron chi connectivity index (χ2n) is 5.48. The molecule has 0 aliphatic heterocycles. The fraction of sp³-hybridized carbons (Fsp3) is 0.0500. The van der Waals surface area contributed by atoms with Gasteiger partial charge in [0.05, 0.1) is 12.2 Å². The van der Waals surface area contributed by atoms with E-state index >= 15 is 0 Å². The predicted molar refractivity (Wildman–Crippen MR) is 121 cm³/mol. The van der Waals surface area contributed by atoms with Crippen molar-refractivity contribution in [2.45, 2.75) is 6.54 Å². The van der Waals surface area contributed by atoms with Crippen LogP contribution < -0.4 is 4.80 Å². The van der Waals surface area contributed by atoms with Crippen molar-refractivity contribution in [3.05, 3.63) is 95.6 Å². The van der Waals surface area contributed by atoms with Crippen LogP contribution in [0.4, 0.5) is 0 Å². The topological polar surface area (TPSA) is 43.1 Å². The molecule has 0 aliphatic rings. The van der Waals surface area contributed by atoms with Crippen molar-refractivity contribution in [3.8, 4) is 17.1 Å². The number of para-hydroxylation sites is 1. The Bertz CT molecular complexity index is 956. The fourth-order valence-corrected chi connectivity index (χ4v) is 3.38. The van der Waals surface area contributed by atoms with Gasteiger partial charge in [-0.2, -0.15) is 4.98 Å². The number of aromatic nitrogens is 3. The Balaban J connectivity index is 0.00000131. The summed E-state index contributed by atoms with van der Waals surface area (Å²) < 4.78 is 2.12. The Kier molecular flexibility index (Phi) is 8.09. The van der Waals surface area contributed by atoms with Crippen molar-refractivity contribution in [1.82, 2.24) is 13.9 Å². The summed E-state index contributed by atoms with van der Waals surface area (Å²) in [7, 11) is 0. The molecule has 0 N–H and O–H groups in total. The molecule has 4 rings (SSSR count). The molecule has 27 heavy (non-hydrogen) atoms. The minimum Gasteiger partial charge on any atom is -0.264 e. The third-order valence-electron chi connectivity index (χ3n) is 3.71. The highest BCUT2D eigenvalue weighted by molar-refractivity contribution is 8.93. The zero-order chi connectivity index (χ0) is 16.9. The van der Waals surface area contributed by atoms with Crippen molar-refractivity contribution in [3.63, 3.8) is 0 Å². The quantitative estimate of drug-likeness (QED) is 0.380. The molecule has 0 fully saturated rings. The highest BCUT2D eigenvalue weighted by atomic mass is 79.9. The van der Waals surface area contributed by atoms with Crippen LogP contribution in [0.15, 0.2) is 90.2 Å². The summed E-state index contributed by atoms with van der Waals surface area (Å²) in [6.45, 7) is 0.574. The van der Waals surface area contributed by atoms with E-state index in [2.05, 4.69) is 38.2 Å². The first kappa shape index (κ1) is 21.2. The van der Waals surface area contributed by atoms with Crippen molar-refractivity contribution >= 4 is 45.5 Å². The Labute approximate surface area is 183 Å². The van der Waals surface area contributed by atoms with Crippen LogP contribution in [0.5, 0.6) is 0 Å². The lowest BCUT2D eigenvalue weighted by atomic mass is 10.2. The molecule has 0 radical (unpaired) electrons. The number of hydrogen-bond donors (Lipinski definition) is 0. The SMILES string of the molecule is Br.Br.c1ccc(-c2n/c(=N/Cc3cccnc3)sn2-c2ccccc2)cc1. The van der Waals surface area contributed by atoms with Crippen molar-refractivity contribution in [1.29, 1.82) is 0 Å². The predicted octanol–water partition coefficient (Wildman–Crippen LogP) is 5.25. The van der Waals surface area contributed by atoms with Crippen LogP contribution in [0.1, 0.15) is 5.56 Å². The summed E-state index contributed by atoms with van der Waals surface area (Å²) in [5.74, 6) is 0.904. The third kappa shape index (κ3) is 5.22. The molecular weight excluding hydrogens is 488 g/mol. The molecule has 0 aliphatic carbocycles.